The van der Waals surface area contributed by atoms with Crippen LogP contribution < -0.4 is 5.32 Å². The van der Waals surface area contributed by atoms with Crippen molar-refractivity contribution in [2.75, 3.05) is 13.2 Å². The highest BCUT2D eigenvalue weighted by atomic mass is 16.4. The van der Waals surface area contributed by atoms with Gasteiger partial charge in [-0.25, -0.2) is 9.59 Å². The highest BCUT2D eigenvalue weighted by Gasteiger charge is 2.30. The topological polar surface area (TPSA) is 89.9 Å². The summed E-state index contributed by atoms with van der Waals surface area (Å²) in [7, 11) is 0. The zero-order valence-electron chi connectivity index (χ0n) is 10.9. The smallest absolute Gasteiger partial charge is 0.326 e. The molecule has 104 valence electrons. The zero-order valence-corrected chi connectivity index (χ0v) is 10.9. The Labute approximate surface area is 107 Å². The molecule has 0 spiro atoms. The lowest BCUT2D eigenvalue weighted by Crippen LogP contribution is -2.55. The number of nitrogens with zero attached hydrogens (tertiary/aromatic N) is 1. The maximum absolute atomic E-state index is 12.0. The molecule has 6 nitrogen and oxygen atoms in total. The molecule has 18 heavy (non-hydrogen) atoms. The number of nitrogens with one attached hydrogen (secondary N) is 1. The van der Waals surface area contributed by atoms with Crippen molar-refractivity contribution in [3.05, 3.63) is 0 Å². The van der Waals surface area contributed by atoms with Gasteiger partial charge in [0.05, 0.1) is 12.6 Å². The van der Waals surface area contributed by atoms with Gasteiger partial charge in [-0.3, -0.25) is 0 Å². The second-order valence-electron chi connectivity index (χ2n) is 5.03. The zero-order chi connectivity index (χ0) is 13.7. The Balaban J connectivity index is 2.64. The van der Waals surface area contributed by atoms with E-state index in [1.54, 1.807) is 18.7 Å². The first kappa shape index (κ1) is 14.8. The molecule has 3 N–H and O–H groups in total. The number of carbonyl (C=O) groups excluding carboxylic acids is 1. The van der Waals surface area contributed by atoms with Gasteiger partial charge in [-0.1, -0.05) is 13.8 Å². The third-order valence-corrected chi connectivity index (χ3v) is 3.31. The SMILES string of the molecule is CC(C)[C@H](NC(=O)N1CCCCC1CO)C(=O)O. The molecular weight excluding hydrogens is 236 g/mol. The Hall–Kier alpha value is -1.30. The lowest BCUT2D eigenvalue weighted by atomic mass is 10.0. The predicted octanol–water partition coefficient (Wildman–Crippen LogP) is 0.652. The molecule has 0 radical (unpaired) electrons. The molecule has 0 aromatic heterocycles. The molecular formula is C12H22N2O4. The Kier molecular flexibility index (Phi) is 5.40. The molecule has 1 rings (SSSR count). The Morgan fingerprint density at radius 1 is 1.39 bits per heavy atom. The minimum absolute atomic E-state index is 0.0766. The normalized spacial score (nSPS) is 21.8. The van der Waals surface area contributed by atoms with E-state index in [0.717, 1.165) is 19.3 Å². The number of hydrogen-bond acceptors (Lipinski definition) is 3. The maximum atomic E-state index is 12.0. The van der Waals surface area contributed by atoms with Crippen molar-refractivity contribution in [1.82, 2.24) is 10.2 Å². The van der Waals surface area contributed by atoms with Crippen LogP contribution in [0.4, 0.5) is 4.79 Å². The third kappa shape index (κ3) is 3.60. The van der Waals surface area contributed by atoms with Gasteiger partial charge in [-0.2, -0.15) is 0 Å². The molecule has 2 amide bonds. The molecule has 1 aliphatic heterocycles. The fraction of sp³-hybridized carbons (Fsp3) is 0.833. The van der Waals surface area contributed by atoms with Gasteiger partial charge < -0.3 is 20.4 Å². The molecule has 0 aromatic rings. The number of aliphatic hydroxyl groups excluding tert-OH is 1. The number of likely N-dealkylation sites (tertiary alicyclic amines) is 1. The summed E-state index contributed by atoms with van der Waals surface area (Å²) >= 11 is 0. The molecule has 2 atom stereocenters. The van der Waals surface area contributed by atoms with E-state index in [1.165, 1.54) is 0 Å². The van der Waals surface area contributed by atoms with Crippen LogP contribution in [0.15, 0.2) is 0 Å². The first-order valence-corrected chi connectivity index (χ1v) is 6.38. The molecule has 0 aliphatic carbocycles. The quantitative estimate of drug-likeness (QED) is 0.690. The standard InChI is InChI=1S/C12H22N2O4/c1-8(2)10(11(16)17)13-12(18)14-6-4-3-5-9(14)7-15/h8-10,15H,3-7H2,1-2H3,(H,13,18)(H,16,17)/t9?,10-/m0/s1. The van der Waals surface area contributed by atoms with Gasteiger partial charge in [-0.05, 0) is 25.2 Å². The van der Waals surface area contributed by atoms with E-state index in [9.17, 15) is 14.7 Å². The van der Waals surface area contributed by atoms with Crippen molar-refractivity contribution in [2.45, 2.75) is 45.2 Å². The van der Waals surface area contributed by atoms with Crippen LogP contribution in [0.25, 0.3) is 0 Å². The Bertz CT molecular complexity index is 306. The molecule has 1 unspecified atom stereocenters. The molecule has 0 saturated carbocycles. The van der Waals surface area contributed by atoms with Crippen molar-refractivity contribution in [1.29, 1.82) is 0 Å². The van der Waals surface area contributed by atoms with Crippen molar-refractivity contribution < 1.29 is 19.8 Å². The largest absolute Gasteiger partial charge is 0.480 e. The average molecular weight is 258 g/mol. The van der Waals surface area contributed by atoms with Gasteiger partial charge in [0.2, 0.25) is 0 Å². The highest BCUT2D eigenvalue weighted by molar-refractivity contribution is 5.83. The summed E-state index contributed by atoms with van der Waals surface area (Å²) in [6.45, 7) is 3.99. The van der Waals surface area contributed by atoms with E-state index in [-0.39, 0.29) is 18.6 Å². The second-order valence-corrected chi connectivity index (χ2v) is 5.03. The van der Waals surface area contributed by atoms with Crippen LogP contribution >= 0.6 is 0 Å². The second kappa shape index (κ2) is 6.58. The van der Waals surface area contributed by atoms with Gasteiger partial charge in [-0.15, -0.1) is 0 Å². The number of piperidine rings is 1. The summed E-state index contributed by atoms with van der Waals surface area (Å²) in [5.41, 5.74) is 0. The number of amides is 2. The monoisotopic (exact) mass is 258 g/mol. The van der Waals surface area contributed by atoms with Crippen LogP contribution in [0.5, 0.6) is 0 Å². The summed E-state index contributed by atoms with van der Waals surface area (Å²) < 4.78 is 0. The molecule has 0 aromatic carbocycles. The van der Waals surface area contributed by atoms with Crippen LogP contribution in [0.1, 0.15) is 33.1 Å². The number of urea groups is 1. The molecule has 6 heteroatoms. The van der Waals surface area contributed by atoms with Gasteiger partial charge >= 0.3 is 12.0 Å². The van der Waals surface area contributed by atoms with E-state index >= 15 is 0 Å². The number of aliphatic carboxylic acids is 1. The number of rotatable bonds is 4. The van der Waals surface area contributed by atoms with Crippen LogP contribution in [-0.4, -0.2) is 52.3 Å². The van der Waals surface area contributed by atoms with Crippen molar-refractivity contribution in [2.24, 2.45) is 5.92 Å². The molecule has 1 fully saturated rings. The van der Waals surface area contributed by atoms with E-state index in [4.69, 9.17) is 5.11 Å². The average Bonchev–Trinajstić information content (AvgIpc) is 2.34. The Morgan fingerprint density at radius 2 is 2.06 bits per heavy atom. The lowest BCUT2D eigenvalue weighted by molar-refractivity contribution is -0.140. The highest BCUT2D eigenvalue weighted by Crippen LogP contribution is 2.17. The first-order chi connectivity index (χ1) is 8.47. The molecule has 1 saturated heterocycles. The molecule has 1 heterocycles. The van der Waals surface area contributed by atoms with Gasteiger partial charge in [0.25, 0.3) is 0 Å². The summed E-state index contributed by atoms with van der Waals surface area (Å²) in [5.74, 6) is -1.21. The van der Waals surface area contributed by atoms with Crippen LogP contribution in [0, 0.1) is 5.92 Å². The molecule has 1 aliphatic rings. The van der Waals surface area contributed by atoms with Gasteiger partial charge in [0.1, 0.15) is 6.04 Å². The van der Waals surface area contributed by atoms with Gasteiger partial charge in [0.15, 0.2) is 0 Å². The van der Waals surface area contributed by atoms with Gasteiger partial charge in [0, 0.05) is 6.54 Å². The Morgan fingerprint density at radius 3 is 2.56 bits per heavy atom. The van der Waals surface area contributed by atoms with Crippen molar-refractivity contribution in [3.63, 3.8) is 0 Å². The van der Waals surface area contributed by atoms with E-state index in [1.807, 2.05) is 0 Å². The number of carboxylic acids is 1. The van der Waals surface area contributed by atoms with Crippen molar-refractivity contribution >= 4 is 12.0 Å². The van der Waals surface area contributed by atoms with E-state index in [0.29, 0.717) is 6.54 Å². The molecule has 0 bridgehead atoms. The maximum Gasteiger partial charge on any atom is 0.326 e. The number of carboxylic acid groups (broad SMARTS) is 1. The van der Waals surface area contributed by atoms with E-state index < -0.39 is 18.0 Å². The van der Waals surface area contributed by atoms with Crippen LogP contribution in [0.3, 0.4) is 0 Å². The minimum Gasteiger partial charge on any atom is -0.480 e. The summed E-state index contributed by atoms with van der Waals surface area (Å²) in [5, 5.41) is 20.8. The summed E-state index contributed by atoms with van der Waals surface area (Å²) in [6, 6.07) is -1.48. The third-order valence-electron chi connectivity index (χ3n) is 3.31. The number of carbonyl (C=O) groups is 2. The predicted molar refractivity (Wildman–Crippen MR) is 66.2 cm³/mol. The van der Waals surface area contributed by atoms with Crippen LogP contribution in [-0.2, 0) is 4.79 Å². The summed E-state index contributed by atoms with van der Waals surface area (Å²) in [6.07, 6.45) is 2.65. The fourth-order valence-electron chi connectivity index (χ4n) is 2.19. The lowest BCUT2D eigenvalue weighted by Gasteiger charge is -2.35. The van der Waals surface area contributed by atoms with Crippen LogP contribution in [0.2, 0.25) is 0 Å². The summed E-state index contributed by atoms with van der Waals surface area (Å²) in [4.78, 5) is 24.6. The number of aliphatic hydroxyl groups is 1. The minimum atomic E-state index is -1.03. The van der Waals surface area contributed by atoms with E-state index in [2.05, 4.69) is 5.32 Å². The van der Waals surface area contributed by atoms with Crippen molar-refractivity contribution in [3.8, 4) is 0 Å². The first-order valence-electron chi connectivity index (χ1n) is 6.38. The fourth-order valence-corrected chi connectivity index (χ4v) is 2.19. The number of hydrogen-bond donors (Lipinski definition) is 3.